The predicted molar refractivity (Wildman–Crippen MR) is 103 cm³/mol. The number of pyridine rings is 1. The SMILES string of the molecule is Cc1ccccc1-c1nc(N(C(N)=O)c2c(F)cccc2F)ccc1CCO. The Balaban J connectivity index is 2.22. The van der Waals surface area contributed by atoms with Gasteiger partial charge < -0.3 is 10.8 Å². The fourth-order valence-corrected chi connectivity index (χ4v) is 3.04. The van der Waals surface area contributed by atoms with E-state index in [1.165, 1.54) is 12.1 Å². The monoisotopic (exact) mass is 383 g/mol. The molecule has 0 bridgehead atoms. The van der Waals surface area contributed by atoms with Gasteiger partial charge in [-0.15, -0.1) is 0 Å². The molecule has 0 aliphatic carbocycles. The van der Waals surface area contributed by atoms with Gasteiger partial charge in [0.2, 0.25) is 0 Å². The summed E-state index contributed by atoms with van der Waals surface area (Å²) in [6.07, 6.45) is 0.335. The minimum absolute atomic E-state index is 0.0172. The predicted octanol–water partition coefficient (Wildman–Crippen LogP) is 4.09. The number of nitrogens with two attached hydrogens (primary N) is 1. The minimum atomic E-state index is -1.07. The summed E-state index contributed by atoms with van der Waals surface area (Å²) in [4.78, 5) is 17.3. The summed E-state index contributed by atoms with van der Waals surface area (Å²) in [5, 5.41) is 9.37. The molecule has 3 rings (SSSR count). The molecular formula is C21H19F2N3O2. The van der Waals surface area contributed by atoms with Crippen LogP contribution >= 0.6 is 0 Å². The van der Waals surface area contributed by atoms with Gasteiger partial charge in [-0.25, -0.2) is 23.5 Å². The lowest BCUT2D eigenvalue weighted by Gasteiger charge is -2.22. The molecule has 3 N–H and O–H groups in total. The van der Waals surface area contributed by atoms with Crippen LogP contribution in [0.15, 0.2) is 54.6 Å². The number of aliphatic hydroxyl groups excluding tert-OH is 1. The molecule has 2 aromatic carbocycles. The Kier molecular flexibility index (Phi) is 5.65. The van der Waals surface area contributed by atoms with E-state index in [2.05, 4.69) is 4.98 Å². The van der Waals surface area contributed by atoms with Gasteiger partial charge in [-0.3, -0.25) is 0 Å². The third-order valence-electron chi connectivity index (χ3n) is 4.36. The van der Waals surface area contributed by atoms with Crippen molar-refractivity contribution in [1.82, 2.24) is 4.98 Å². The van der Waals surface area contributed by atoms with E-state index in [0.717, 1.165) is 28.8 Å². The maximum Gasteiger partial charge on any atom is 0.325 e. The van der Waals surface area contributed by atoms with Gasteiger partial charge >= 0.3 is 6.03 Å². The number of aliphatic hydroxyl groups is 1. The number of aryl methyl sites for hydroxylation is 1. The molecule has 2 amide bonds. The molecule has 0 spiro atoms. The summed E-state index contributed by atoms with van der Waals surface area (Å²) >= 11 is 0. The van der Waals surface area contributed by atoms with Gasteiger partial charge in [0.05, 0.1) is 5.69 Å². The normalized spacial score (nSPS) is 10.7. The number of para-hydroxylation sites is 1. The average molecular weight is 383 g/mol. The van der Waals surface area contributed by atoms with Crippen LogP contribution in [0.3, 0.4) is 0 Å². The van der Waals surface area contributed by atoms with Crippen LogP contribution in [0.2, 0.25) is 0 Å². The number of hydrogen-bond donors (Lipinski definition) is 2. The summed E-state index contributed by atoms with van der Waals surface area (Å²) in [6.45, 7) is 1.80. The molecule has 0 aliphatic rings. The first-order chi connectivity index (χ1) is 13.4. The van der Waals surface area contributed by atoms with Crippen LogP contribution in [0.1, 0.15) is 11.1 Å². The van der Waals surface area contributed by atoms with Crippen molar-refractivity contribution in [1.29, 1.82) is 0 Å². The molecular weight excluding hydrogens is 364 g/mol. The van der Waals surface area contributed by atoms with Crippen LogP contribution in [0.25, 0.3) is 11.3 Å². The van der Waals surface area contributed by atoms with Crippen LogP contribution < -0.4 is 10.6 Å². The van der Waals surface area contributed by atoms with Gasteiger partial charge in [-0.05, 0) is 42.7 Å². The molecule has 7 heteroatoms. The molecule has 5 nitrogen and oxygen atoms in total. The number of nitrogens with zero attached hydrogens (tertiary/aromatic N) is 2. The van der Waals surface area contributed by atoms with E-state index in [1.807, 2.05) is 31.2 Å². The fraction of sp³-hybridized carbons (Fsp3) is 0.143. The second kappa shape index (κ2) is 8.14. The molecule has 144 valence electrons. The Morgan fingerprint density at radius 1 is 1.07 bits per heavy atom. The van der Waals surface area contributed by atoms with E-state index in [-0.39, 0.29) is 12.4 Å². The van der Waals surface area contributed by atoms with Crippen LogP contribution in [0.4, 0.5) is 25.1 Å². The van der Waals surface area contributed by atoms with Crippen molar-refractivity contribution in [2.75, 3.05) is 11.5 Å². The fourth-order valence-electron chi connectivity index (χ4n) is 3.04. The Morgan fingerprint density at radius 3 is 2.36 bits per heavy atom. The van der Waals surface area contributed by atoms with Crippen LogP contribution in [0.5, 0.6) is 0 Å². The summed E-state index contributed by atoms with van der Waals surface area (Å²) in [6, 6.07) is 12.8. The molecule has 0 aliphatic heterocycles. The molecule has 3 aromatic rings. The van der Waals surface area contributed by atoms with Crippen LogP contribution in [-0.2, 0) is 6.42 Å². The van der Waals surface area contributed by atoms with E-state index in [1.54, 1.807) is 6.07 Å². The number of hydrogen-bond acceptors (Lipinski definition) is 3. The number of anilines is 2. The van der Waals surface area contributed by atoms with Crippen LogP contribution in [0, 0.1) is 18.6 Å². The number of halogens is 2. The number of amides is 2. The Hall–Kier alpha value is -3.32. The molecule has 1 aromatic heterocycles. The summed E-state index contributed by atoms with van der Waals surface area (Å²) in [5.74, 6) is -1.88. The largest absolute Gasteiger partial charge is 0.396 e. The molecule has 0 atom stereocenters. The van der Waals surface area contributed by atoms with Crippen molar-refractivity contribution in [2.24, 2.45) is 5.73 Å². The zero-order chi connectivity index (χ0) is 20.3. The van der Waals surface area contributed by atoms with E-state index < -0.39 is 23.4 Å². The topological polar surface area (TPSA) is 79.5 Å². The number of urea groups is 1. The third-order valence-corrected chi connectivity index (χ3v) is 4.36. The van der Waals surface area contributed by atoms with E-state index in [0.29, 0.717) is 17.0 Å². The zero-order valence-electron chi connectivity index (χ0n) is 15.2. The molecule has 0 saturated carbocycles. The number of carbonyl (C=O) groups excluding carboxylic acids is 1. The molecule has 0 radical (unpaired) electrons. The first-order valence-electron chi connectivity index (χ1n) is 8.64. The van der Waals surface area contributed by atoms with Gasteiger partial charge in [0.15, 0.2) is 0 Å². The molecule has 0 unspecified atom stereocenters. The number of carbonyl (C=O) groups is 1. The zero-order valence-corrected chi connectivity index (χ0v) is 15.2. The highest BCUT2D eigenvalue weighted by molar-refractivity contribution is 5.98. The number of rotatable bonds is 5. The first kappa shape index (κ1) is 19.4. The Labute approximate surface area is 161 Å². The summed E-state index contributed by atoms with van der Waals surface area (Å²) in [5.41, 5.74) is 7.79. The number of aromatic nitrogens is 1. The highest BCUT2D eigenvalue weighted by Gasteiger charge is 2.25. The summed E-state index contributed by atoms with van der Waals surface area (Å²) < 4.78 is 28.6. The molecule has 28 heavy (non-hydrogen) atoms. The van der Waals surface area contributed by atoms with Crippen molar-refractivity contribution in [3.8, 4) is 11.3 Å². The second-order valence-electron chi connectivity index (χ2n) is 6.21. The third kappa shape index (κ3) is 3.70. The van der Waals surface area contributed by atoms with E-state index >= 15 is 0 Å². The lowest BCUT2D eigenvalue weighted by molar-refractivity contribution is 0.255. The molecule has 0 fully saturated rings. The van der Waals surface area contributed by atoms with Gasteiger partial charge in [0.25, 0.3) is 0 Å². The van der Waals surface area contributed by atoms with Crippen molar-refractivity contribution in [2.45, 2.75) is 13.3 Å². The standard InChI is InChI=1S/C21H19F2N3O2/c1-13-5-2-3-6-15(13)19-14(11-12-27)9-10-18(25-19)26(21(24)28)20-16(22)7-4-8-17(20)23/h2-10,27H,11-12H2,1H3,(H2,24,28). The van der Waals surface area contributed by atoms with Gasteiger partial charge in [0.1, 0.15) is 23.1 Å². The quantitative estimate of drug-likeness (QED) is 0.697. The minimum Gasteiger partial charge on any atom is -0.396 e. The first-order valence-corrected chi connectivity index (χ1v) is 8.64. The Morgan fingerprint density at radius 2 is 1.75 bits per heavy atom. The van der Waals surface area contributed by atoms with Crippen molar-refractivity contribution in [3.05, 3.63) is 77.4 Å². The smallest absolute Gasteiger partial charge is 0.325 e. The lowest BCUT2D eigenvalue weighted by Crippen LogP contribution is -2.33. The van der Waals surface area contributed by atoms with Gasteiger partial charge in [-0.1, -0.05) is 36.4 Å². The molecule has 0 saturated heterocycles. The van der Waals surface area contributed by atoms with Crippen molar-refractivity contribution < 1.29 is 18.7 Å². The van der Waals surface area contributed by atoms with E-state index in [9.17, 15) is 18.7 Å². The Bertz CT molecular complexity index is 1000. The average Bonchev–Trinajstić information content (AvgIpc) is 2.66. The lowest BCUT2D eigenvalue weighted by atomic mass is 9.99. The van der Waals surface area contributed by atoms with Crippen molar-refractivity contribution >= 4 is 17.5 Å². The van der Waals surface area contributed by atoms with E-state index in [4.69, 9.17) is 5.73 Å². The second-order valence-corrected chi connectivity index (χ2v) is 6.21. The number of primary amides is 1. The van der Waals surface area contributed by atoms with Gasteiger partial charge in [-0.2, -0.15) is 0 Å². The molecule has 1 heterocycles. The summed E-state index contributed by atoms with van der Waals surface area (Å²) in [7, 11) is 0. The highest BCUT2D eigenvalue weighted by Crippen LogP contribution is 2.33. The highest BCUT2D eigenvalue weighted by atomic mass is 19.1. The maximum absolute atomic E-state index is 14.3. The number of benzene rings is 2. The van der Waals surface area contributed by atoms with Crippen LogP contribution in [-0.4, -0.2) is 22.7 Å². The van der Waals surface area contributed by atoms with Gasteiger partial charge in [0, 0.05) is 12.2 Å². The maximum atomic E-state index is 14.3. The van der Waals surface area contributed by atoms with Crippen molar-refractivity contribution in [3.63, 3.8) is 0 Å².